The van der Waals surface area contributed by atoms with Crippen molar-refractivity contribution in [1.29, 1.82) is 0 Å². The maximum absolute atomic E-state index is 13.1. The van der Waals surface area contributed by atoms with Gasteiger partial charge in [0, 0.05) is 25.7 Å². The van der Waals surface area contributed by atoms with E-state index < -0.39 is 97.5 Å². The zero-order valence-corrected chi connectivity index (χ0v) is 68.7. The predicted molar refractivity (Wildman–Crippen MR) is 418 cm³/mol. The lowest BCUT2D eigenvalue weighted by atomic mass is 10.0. The van der Waals surface area contributed by atoms with Gasteiger partial charge in [-0.3, -0.25) is 37.3 Å². The molecule has 102 heavy (non-hydrogen) atoms. The standard InChI is InChI=1S/C83H162O17P2/c1-7-9-11-13-15-17-19-21-22-23-24-25-26-27-29-37-43-49-55-61-67-82(87)99-78(71-94-81(86)66-60-54-48-42-36-31-30-33-39-45-51-57-63-75(3)4)73-97-101(89,90)95-69-77(84)70-96-102(91,92)98-74-79(72-93-80(85)65-59-53-47-41-35-28-20-18-16-14-12-10-8-2)100-83(88)68-62-56-50-44-38-32-34-40-46-52-58-64-76(5)6/h75-79,84H,7-74H2,1-6H3,(H,89,90)(H,91,92)/t77-,78-,79-/m1/s1. The van der Waals surface area contributed by atoms with E-state index in [0.717, 1.165) is 102 Å². The summed E-state index contributed by atoms with van der Waals surface area (Å²) < 4.78 is 68.8. The number of carbonyl (C=O) groups is 4. The van der Waals surface area contributed by atoms with Gasteiger partial charge >= 0.3 is 39.5 Å². The van der Waals surface area contributed by atoms with Crippen molar-refractivity contribution in [3.63, 3.8) is 0 Å². The third-order valence-corrected chi connectivity index (χ3v) is 21.4. The second kappa shape index (κ2) is 74.5. The Balaban J connectivity index is 5.25. The molecule has 0 aliphatic carbocycles. The van der Waals surface area contributed by atoms with Crippen molar-refractivity contribution >= 4 is 39.5 Å². The fourth-order valence-corrected chi connectivity index (χ4v) is 14.5. The van der Waals surface area contributed by atoms with E-state index in [1.54, 1.807) is 0 Å². The van der Waals surface area contributed by atoms with Crippen LogP contribution in [0.25, 0.3) is 0 Å². The molecule has 0 radical (unpaired) electrons. The Bertz CT molecular complexity index is 1960. The Morgan fingerprint density at radius 2 is 0.451 bits per heavy atom. The van der Waals surface area contributed by atoms with Crippen LogP contribution in [-0.2, 0) is 65.4 Å². The summed E-state index contributed by atoms with van der Waals surface area (Å²) in [7, 11) is -9.92. The summed E-state index contributed by atoms with van der Waals surface area (Å²) in [6, 6.07) is 0. The molecule has 0 aromatic heterocycles. The molecule has 0 spiro atoms. The highest BCUT2D eigenvalue weighted by atomic mass is 31.2. The third kappa shape index (κ3) is 76.3. The quantitative estimate of drug-likeness (QED) is 0.0222. The van der Waals surface area contributed by atoms with Crippen LogP contribution in [0.3, 0.4) is 0 Å². The lowest BCUT2D eigenvalue weighted by Crippen LogP contribution is -2.30. The number of rotatable bonds is 82. The summed E-state index contributed by atoms with van der Waals surface area (Å²) in [6.07, 6.45) is 65.1. The monoisotopic (exact) mass is 1490 g/mol. The molecule has 5 atom stereocenters. The van der Waals surface area contributed by atoms with Gasteiger partial charge in [-0.2, -0.15) is 0 Å². The summed E-state index contributed by atoms with van der Waals surface area (Å²) in [5.41, 5.74) is 0. The molecule has 0 fully saturated rings. The van der Waals surface area contributed by atoms with Crippen LogP contribution in [0.1, 0.15) is 440 Å². The first-order valence-corrected chi connectivity index (χ1v) is 46.0. The van der Waals surface area contributed by atoms with E-state index in [9.17, 15) is 43.2 Å². The number of esters is 4. The molecule has 0 amide bonds. The number of hydrogen-bond acceptors (Lipinski definition) is 15. The molecule has 17 nitrogen and oxygen atoms in total. The lowest BCUT2D eigenvalue weighted by Gasteiger charge is -2.21. The van der Waals surface area contributed by atoms with Crippen LogP contribution in [-0.4, -0.2) is 96.7 Å². The average Bonchev–Trinajstić information content (AvgIpc) is 1.45. The molecule has 19 heteroatoms. The number of phosphoric acid groups is 2. The van der Waals surface area contributed by atoms with Crippen molar-refractivity contribution in [3.8, 4) is 0 Å². The van der Waals surface area contributed by atoms with Crippen molar-refractivity contribution < 1.29 is 80.2 Å². The molecule has 2 unspecified atom stereocenters. The fraction of sp³-hybridized carbons (Fsp3) is 0.952. The molecule has 0 heterocycles. The number of aliphatic hydroxyl groups excluding tert-OH is 1. The van der Waals surface area contributed by atoms with Crippen molar-refractivity contribution in [3.05, 3.63) is 0 Å². The maximum Gasteiger partial charge on any atom is 0.472 e. The van der Waals surface area contributed by atoms with Crippen LogP contribution in [0.15, 0.2) is 0 Å². The Morgan fingerprint density at radius 3 is 0.667 bits per heavy atom. The van der Waals surface area contributed by atoms with Gasteiger partial charge in [-0.25, -0.2) is 9.13 Å². The first-order valence-electron chi connectivity index (χ1n) is 43.0. The van der Waals surface area contributed by atoms with Gasteiger partial charge < -0.3 is 33.8 Å². The molecule has 0 rings (SSSR count). The molecule has 0 aliphatic rings. The number of unbranched alkanes of at least 4 members (excludes halogenated alkanes) is 52. The molecule has 0 aromatic carbocycles. The molecule has 3 N–H and O–H groups in total. The third-order valence-electron chi connectivity index (χ3n) is 19.5. The van der Waals surface area contributed by atoms with Gasteiger partial charge in [0.1, 0.15) is 19.3 Å². The first-order chi connectivity index (χ1) is 49.4. The van der Waals surface area contributed by atoms with Crippen LogP contribution >= 0.6 is 15.6 Å². The average molecular weight is 1490 g/mol. The normalized spacial score (nSPS) is 13.9. The molecular weight excluding hydrogens is 1330 g/mol. The van der Waals surface area contributed by atoms with E-state index in [1.165, 1.54) is 257 Å². The Kier molecular flexibility index (Phi) is 73.1. The summed E-state index contributed by atoms with van der Waals surface area (Å²) in [4.78, 5) is 73.1. The van der Waals surface area contributed by atoms with Gasteiger partial charge in [-0.1, -0.05) is 388 Å². The van der Waals surface area contributed by atoms with Crippen LogP contribution in [0.2, 0.25) is 0 Å². The molecule has 0 saturated heterocycles. The van der Waals surface area contributed by atoms with E-state index in [2.05, 4.69) is 41.5 Å². The first kappa shape index (κ1) is 100. The topological polar surface area (TPSA) is 237 Å². The molecule has 0 aliphatic heterocycles. The minimum absolute atomic E-state index is 0.107. The largest absolute Gasteiger partial charge is 0.472 e. The summed E-state index contributed by atoms with van der Waals surface area (Å²) in [6.45, 7) is 9.67. The number of aliphatic hydroxyl groups is 1. The van der Waals surface area contributed by atoms with Gasteiger partial charge in [0.25, 0.3) is 0 Å². The highest BCUT2D eigenvalue weighted by Gasteiger charge is 2.30. The fourth-order valence-electron chi connectivity index (χ4n) is 12.9. The highest BCUT2D eigenvalue weighted by molar-refractivity contribution is 7.47. The lowest BCUT2D eigenvalue weighted by molar-refractivity contribution is -0.161. The van der Waals surface area contributed by atoms with Crippen LogP contribution in [0.4, 0.5) is 0 Å². The van der Waals surface area contributed by atoms with Crippen LogP contribution in [0.5, 0.6) is 0 Å². The highest BCUT2D eigenvalue weighted by Crippen LogP contribution is 2.45. The number of ether oxygens (including phenoxy) is 4. The van der Waals surface area contributed by atoms with E-state index in [-0.39, 0.29) is 25.7 Å². The van der Waals surface area contributed by atoms with Crippen molar-refractivity contribution in [2.75, 3.05) is 39.6 Å². The SMILES string of the molecule is CCCCCCCCCCCCCCCCCCCCCCC(=O)O[C@H](COC(=O)CCCCCCCCCCCCCCC(C)C)COP(=O)(O)OC[C@@H](O)COP(=O)(O)OC[C@@H](COC(=O)CCCCCCCCCCCCCCC)OC(=O)CCCCCCCCCCCCCC(C)C. The van der Waals surface area contributed by atoms with Gasteiger partial charge in [0.2, 0.25) is 0 Å². The van der Waals surface area contributed by atoms with E-state index in [0.29, 0.717) is 25.7 Å². The molecule has 0 aromatic rings. The Morgan fingerprint density at radius 1 is 0.265 bits per heavy atom. The van der Waals surface area contributed by atoms with Crippen molar-refractivity contribution in [2.24, 2.45) is 11.8 Å². The number of hydrogen-bond donors (Lipinski definition) is 3. The second-order valence-electron chi connectivity index (χ2n) is 30.8. The van der Waals surface area contributed by atoms with Crippen LogP contribution in [0, 0.1) is 11.8 Å². The minimum Gasteiger partial charge on any atom is -0.462 e. The zero-order valence-electron chi connectivity index (χ0n) is 66.9. The molecule has 0 bridgehead atoms. The van der Waals surface area contributed by atoms with Gasteiger partial charge in [-0.15, -0.1) is 0 Å². The summed E-state index contributed by atoms with van der Waals surface area (Å²) in [5, 5.41) is 10.7. The van der Waals surface area contributed by atoms with E-state index in [4.69, 9.17) is 37.0 Å². The molecule has 606 valence electrons. The molecular formula is C83H162O17P2. The molecule has 0 saturated carbocycles. The number of phosphoric ester groups is 2. The smallest absolute Gasteiger partial charge is 0.462 e. The van der Waals surface area contributed by atoms with E-state index >= 15 is 0 Å². The van der Waals surface area contributed by atoms with Crippen molar-refractivity contribution in [2.45, 2.75) is 458 Å². The van der Waals surface area contributed by atoms with E-state index in [1.807, 2.05) is 0 Å². The minimum atomic E-state index is -4.96. The van der Waals surface area contributed by atoms with Gasteiger partial charge in [-0.05, 0) is 37.5 Å². The summed E-state index contributed by atoms with van der Waals surface area (Å²) in [5.74, 6) is -0.557. The van der Waals surface area contributed by atoms with Crippen molar-refractivity contribution in [1.82, 2.24) is 0 Å². The maximum atomic E-state index is 13.1. The van der Waals surface area contributed by atoms with Gasteiger partial charge in [0.15, 0.2) is 12.2 Å². The van der Waals surface area contributed by atoms with Gasteiger partial charge in [0.05, 0.1) is 26.4 Å². The number of carbonyl (C=O) groups excluding carboxylic acids is 4. The Labute approximate surface area is 626 Å². The Hall–Kier alpha value is -1.94. The second-order valence-corrected chi connectivity index (χ2v) is 33.7. The zero-order chi connectivity index (χ0) is 74.9. The van der Waals surface area contributed by atoms with Crippen LogP contribution < -0.4 is 0 Å². The summed E-state index contributed by atoms with van der Waals surface area (Å²) >= 11 is 0. The predicted octanol–water partition coefficient (Wildman–Crippen LogP) is 25.1.